The van der Waals surface area contributed by atoms with Gasteiger partial charge in [0.25, 0.3) is 0 Å². The van der Waals surface area contributed by atoms with Gasteiger partial charge in [0.1, 0.15) is 11.9 Å². The molecule has 1 heterocycles. The molecule has 1 aromatic carbocycles. The van der Waals surface area contributed by atoms with E-state index in [9.17, 15) is 14.4 Å². The normalized spacial score (nSPS) is 15.3. The van der Waals surface area contributed by atoms with Crippen LogP contribution in [0.3, 0.4) is 0 Å². The molecule has 9 heteroatoms. The lowest BCUT2D eigenvalue weighted by molar-refractivity contribution is -0.150. The maximum atomic E-state index is 13.0. The smallest absolute Gasteiger partial charge is 0.320 e. The van der Waals surface area contributed by atoms with Crippen LogP contribution in [0.4, 0.5) is 5.69 Å². The van der Waals surface area contributed by atoms with Crippen molar-refractivity contribution in [2.45, 2.75) is 130 Å². The summed E-state index contributed by atoms with van der Waals surface area (Å²) in [6.07, 6.45) is 15.0. The summed E-state index contributed by atoms with van der Waals surface area (Å²) in [5, 5.41) is 1.80. The average molecular weight is 601 g/mol. The first kappa shape index (κ1) is 34.7. The summed E-state index contributed by atoms with van der Waals surface area (Å²) >= 11 is 0. The number of fused-ring (bicyclic) bond motifs is 1. The molecular formula is C34H56N4O5. The van der Waals surface area contributed by atoms with Gasteiger partial charge in [-0.1, -0.05) is 59.3 Å². The number of benzene rings is 1. The zero-order valence-corrected chi connectivity index (χ0v) is 27.0. The van der Waals surface area contributed by atoms with Gasteiger partial charge in [0.15, 0.2) is 0 Å². The molecule has 1 aliphatic heterocycles. The molecule has 2 aliphatic rings. The molecule has 0 spiro atoms. The molecule has 1 saturated carbocycles. The molecule has 0 unspecified atom stereocenters. The van der Waals surface area contributed by atoms with E-state index in [4.69, 9.17) is 9.47 Å². The summed E-state index contributed by atoms with van der Waals surface area (Å²) in [6, 6.07) is 5.84. The highest BCUT2D eigenvalue weighted by Crippen LogP contribution is 2.30. The Hall–Kier alpha value is -2.81. The van der Waals surface area contributed by atoms with E-state index in [-0.39, 0.29) is 30.4 Å². The second-order valence-electron chi connectivity index (χ2n) is 12.1. The zero-order valence-electron chi connectivity index (χ0n) is 27.0. The van der Waals surface area contributed by atoms with E-state index in [0.717, 1.165) is 68.6 Å². The molecule has 2 amide bonds. The first-order chi connectivity index (χ1) is 20.9. The fourth-order valence-corrected chi connectivity index (χ4v) is 5.84. The third-order valence-corrected chi connectivity index (χ3v) is 8.33. The van der Waals surface area contributed by atoms with Gasteiger partial charge < -0.3 is 14.4 Å². The van der Waals surface area contributed by atoms with Gasteiger partial charge in [0, 0.05) is 32.5 Å². The number of ether oxygens (including phenoxy) is 2. The third-order valence-electron chi connectivity index (χ3n) is 8.33. The van der Waals surface area contributed by atoms with Crippen LogP contribution in [0.2, 0.25) is 0 Å². The van der Waals surface area contributed by atoms with Crippen molar-refractivity contribution in [1.82, 2.24) is 15.2 Å². The second kappa shape index (κ2) is 19.5. The molecule has 1 fully saturated rings. The quantitative estimate of drug-likeness (QED) is 0.138. The van der Waals surface area contributed by atoms with Crippen LogP contribution >= 0.6 is 0 Å². The second-order valence-corrected chi connectivity index (χ2v) is 12.1. The summed E-state index contributed by atoms with van der Waals surface area (Å²) in [6.45, 7) is 9.51. The van der Waals surface area contributed by atoms with Crippen LogP contribution in [-0.2, 0) is 25.7 Å². The van der Waals surface area contributed by atoms with Crippen molar-refractivity contribution in [3.8, 4) is 5.75 Å². The Morgan fingerprint density at radius 3 is 2.28 bits per heavy atom. The average Bonchev–Trinajstić information content (AvgIpc) is 3.51. The van der Waals surface area contributed by atoms with Gasteiger partial charge in [0.2, 0.25) is 11.8 Å². The molecule has 242 valence electrons. The van der Waals surface area contributed by atoms with E-state index in [1.54, 1.807) is 5.01 Å². The van der Waals surface area contributed by atoms with Crippen molar-refractivity contribution < 1.29 is 23.9 Å². The number of esters is 1. The van der Waals surface area contributed by atoms with Gasteiger partial charge in [0.05, 0.1) is 25.5 Å². The molecule has 1 aliphatic carbocycles. The summed E-state index contributed by atoms with van der Waals surface area (Å²) in [7, 11) is 0. The molecule has 0 saturated heterocycles. The highest BCUT2D eigenvalue weighted by atomic mass is 16.5. The Balaban J connectivity index is 1.53. The number of unbranched alkanes of at least 4 members (excludes halogenated alkanes) is 6. The van der Waals surface area contributed by atoms with E-state index in [2.05, 4.69) is 24.2 Å². The highest BCUT2D eigenvalue weighted by molar-refractivity contribution is 5.78. The highest BCUT2D eigenvalue weighted by Gasteiger charge is 2.27. The number of hydrazine groups is 1. The molecule has 3 rings (SSSR count). The Kier molecular flexibility index (Phi) is 15.7. The minimum atomic E-state index is -0.223. The maximum Gasteiger partial charge on any atom is 0.320 e. The van der Waals surface area contributed by atoms with Gasteiger partial charge >= 0.3 is 5.97 Å². The van der Waals surface area contributed by atoms with Crippen molar-refractivity contribution in [2.75, 3.05) is 37.9 Å². The Morgan fingerprint density at radius 2 is 1.63 bits per heavy atom. The predicted octanol–water partition coefficient (Wildman–Crippen LogP) is 6.34. The summed E-state index contributed by atoms with van der Waals surface area (Å²) < 4.78 is 11.8. The summed E-state index contributed by atoms with van der Waals surface area (Å²) in [5.74, 6) is 0.638. The van der Waals surface area contributed by atoms with Crippen LogP contribution in [0.1, 0.15) is 123 Å². The van der Waals surface area contributed by atoms with Crippen LogP contribution in [0.15, 0.2) is 18.2 Å². The zero-order chi connectivity index (χ0) is 30.9. The van der Waals surface area contributed by atoms with E-state index in [1.807, 2.05) is 30.0 Å². The van der Waals surface area contributed by atoms with Crippen LogP contribution in [-0.4, -0.2) is 66.6 Å². The number of carbonyl (C=O) groups is 3. The minimum absolute atomic E-state index is 0.0292. The largest absolute Gasteiger partial charge is 0.494 e. The van der Waals surface area contributed by atoms with Crippen LogP contribution in [0.5, 0.6) is 5.75 Å². The van der Waals surface area contributed by atoms with Crippen LogP contribution < -0.4 is 15.2 Å². The van der Waals surface area contributed by atoms with E-state index < -0.39 is 0 Å². The lowest BCUT2D eigenvalue weighted by Gasteiger charge is -2.38. The van der Waals surface area contributed by atoms with Crippen molar-refractivity contribution in [3.63, 3.8) is 0 Å². The number of nitrogens with zero attached hydrogens (tertiary/aromatic N) is 3. The van der Waals surface area contributed by atoms with Crippen molar-refractivity contribution in [2.24, 2.45) is 0 Å². The molecule has 1 aromatic rings. The number of hydrogen-bond donors (Lipinski definition) is 1. The van der Waals surface area contributed by atoms with Crippen molar-refractivity contribution in [1.29, 1.82) is 0 Å². The SMILES string of the molecule is CCCCCCN(CCCCCC)C(=O)CCCOc1ccc2c(c1)CN(CC(=O)OC1CCCC1)CN2NC(=O)CC. The first-order valence-corrected chi connectivity index (χ1v) is 17.0. The minimum Gasteiger partial charge on any atom is -0.494 e. The predicted molar refractivity (Wildman–Crippen MR) is 171 cm³/mol. The van der Waals surface area contributed by atoms with E-state index in [1.165, 1.54) is 38.5 Å². The molecule has 0 radical (unpaired) electrons. The number of carbonyl (C=O) groups excluding carboxylic acids is 3. The Morgan fingerprint density at radius 1 is 0.930 bits per heavy atom. The van der Waals surface area contributed by atoms with Crippen molar-refractivity contribution in [3.05, 3.63) is 23.8 Å². The molecule has 0 atom stereocenters. The van der Waals surface area contributed by atoms with Gasteiger partial charge in [-0.05, 0) is 68.7 Å². The lowest BCUT2D eigenvalue weighted by atomic mass is 10.1. The standard InChI is InChI=1S/C34H56N4O5/c1-4-7-9-13-21-37(22-14-10-8-5-2)33(40)18-15-23-42-30-19-20-31-28(24-30)25-36(27-38(31)35-32(39)6-3)26-34(41)43-29-16-11-12-17-29/h19-20,24,29H,4-18,21-23,25-27H2,1-3H3,(H,35,39). The fourth-order valence-electron chi connectivity index (χ4n) is 5.84. The number of anilines is 1. The van der Waals surface area contributed by atoms with Gasteiger partial charge in [-0.3, -0.25) is 29.7 Å². The molecule has 9 nitrogen and oxygen atoms in total. The number of hydrogen-bond acceptors (Lipinski definition) is 7. The molecule has 43 heavy (non-hydrogen) atoms. The number of nitrogens with one attached hydrogen (secondary N) is 1. The van der Waals surface area contributed by atoms with Gasteiger partial charge in [-0.15, -0.1) is 0 Å². The van der Waals surface area contributed by atoms with Crippen LogP contribution in [0.25, 0.3) is 0 Å². The molecular weight excluding hydrogens is 544 g/mol. The molecule has 1 N–H and O–H groups in total. The fraction of sp³-hybridized carbons (Fsp3) is 0.735. The Bertz CT molecular complexity index is 985. The third kappa shape index (κ3) is 12.4. The topological polar surface area (TPSA) is 91.4 Å². The summed E-state index contributed by atoms with van der Waals surface area (Å²) in [4.78, 5) is 42.0. The number of amides is 2. The molecule has 0 bridgehead atoms. The van der Waals surface area contributed by atoms with E-state index in [0.29, 0.717) is 39.1 Å². The first-order valence-electron chi connectivity index (χ1n) is 17.0. The monoisotopic (exact) mass is 600 g/mol. The maximum absolute atomic E-state index is 13.0. The summed E-state index contributed by atoms with van der Waals surface area (Å²) in [5.41, 5.74) is 4.82. The lowest BCUT2D eigenvalue weighted by Crippen LogP contribution is -2.52. The van der Waals surface area contributed by atoms with Gasteiger partial charge in [-0.2, -0.15) is 0 Å². The molecule has 0 aromatic heterocycles. The number of rotatable bonds is 20. The van der Waals surface area contributed by atoms with Crippen molar-refractivity contribution >= 4 is 23.5 Å². The van der Waals surface area contributed by atoms with Crippen LogP contribution in [0, 0.1) is 0 Å². The van der Waals surface area contributed by atoms with Gasteiger partial charge in [-0.25, -0.2) is 0 Å². The Labute approximate surface area is 259 Å². The van der Waals surface area contributed by atoms with E-state index >= 15 is 0 Å².